The number of aliphatic hydroxyl groups is 1. The zero-order valence-electron chi connectivity index (χ0n) is 10.6. The van der Waals surface area contributed by atoms with Crippen molar-refractivity contribution in [3.05, 3.63) is 39.7 Å². The summed E-state index contributed by atoms with van der Waals surface area (Å²) in [6.07, 6.45) is 0. The zero-order chi connectivity index (χ0) is 12.6. The van der Waals surface area contributed by atoms with Crippen molar-refractivity contribution in [1.82, 2.24) is 4.98 Å². The number of hydrogen-bond donors (Lipinski definition) is 1. The molecule has 2 rings (SSSR count). The van der Waals surface area contributed by atoms with Gasteiger partial charge >= 0.3 is 0 Å². The van der Waals surface area contributed by atoms with Crippen LogP contribution in [0.2, 0.25) is 0 Å². The fourth-order valence-electron chi connectivity index (χ4n) is 1.69. The molecule has 17 heavy (non-hydrogen) atoms. The summed E-state index contributed by atoms with van der Waals surface area (Å²) >= 11 is 1.50. The van der Waals surface area contributed by atoms with E-state index < -0.39 is 5.60 Å². The molecule has 0 saturated carbocycles. The van der Waals surface area contributed by atoms with E-state index in [2.05, 4.69) is 37.0 Å². The Hall–Kier alpha value is -1.19. The van der Waals surface area contributed by atoms with Crippen LogP contribution in [0.15, 0.2) is 23.6 Å². The average molecular weight is 247 g/mol. The molecule has 0 aliphatic heterocycles. The van der Waals surface area contributed by atoms with Gasteiger partial charge in [-0.2, -0.15) is 0 Å². The van der Waals surface area contributed by atoms with Gasteiger partial charge in [0.1, 0.15) is 10.6 Å². The normalized spacial score (nSPS) is 11.8. The lowest BCUT2D eigenvalue weighted by atomic mass is 10.0. The Bertz CT molecular complexity index is 537. The molecule has 2 nitrogen and oxygen atoms in total. The van der Waals surface area contributed by atoms with Crippen molar-refractivity contribution in [3.8, 4) is 11.3 Å². The summed E-state index contributed by atoms with van der Waals surface area (Å²) in [5, 5.41) is 12.7. The van der Waals surface area contributed by atoms with Crippen LogP contribution in [0, 0.1) is 13.8 Å². The standard InChI is InChI=1S/C14H17NOS/c1-9-5-6-10(2)11(7-9)12-8-17-13(15-12)14(3,4)16/h5-8,16H,1-4H3. The molecule has 1 aromatic carbocycles. The van der Waals surface area contributed by atoms with Crippen molar-refractivity contribution in [1.29, 1.82) is 0 Å². The van der Waals surface area contributed by atoms with E-state index in [1.54, 1.807) is 13.8 Å². The minimum atomic E-state index is -0.860. The molecule has 0 radical (unpaired) electrons. The van der Waals surface area contributed by atoms with E-state index in [0.717, 1.165) is 16.3 Å². The molecule has 0 spiro atoms. The monoisotopic (exact) mass is 247 g/mol. The first-order valence-corrected chi connectivity index (χ1v) is 6.52. The van der Waals surface area contributed by atoms with Crippen LogP contribution in [0.1, 0.15) is 30.0 Å². The van der Waals surface area contributed by atoms with Crippen molar-refractivity contribution >= 4 is 11.3 Å². The van der Waals surface area contributed by atoms with Gasteiger partial charge in [0, 0.05) is 10.9 Å². The van der Waals surface area contributed by atoms with Crippen LogP contribution in [0.4, 0.5) is 0 Å². The quantitative estimate of drug-likeness (QED) is 0.878. The average Bonchev–Trinajstić information content (AvgIpc) is 2.70. The number of benzene rings is 1. The highest BCUT2D eigenvalue weighted by Crippen LogP contribution is 2.30. The first kappa shape index (κ1) is 12.3. The SMILES string of the molecule is Cc1ccc(C)c(-c2csc(C(C)(C)O)n2)c1. The van der Waals surface area contributed by atoms with Crippen molar-refractivity contribution in [2.75, 3.05) is 0 Å². The zero-order valence-corrected chi connectivity index (χ0v) is 11.4. The van der Waals surface area contributed by atoms with Crippen LogP contribution in [-0.4, -0.2) is 10.1 Å². The minimum Gasteiger partial charge on any atom is -0.383 e. The Morgan fingerprint density at radius 3 is 2.53 bits per heavy atom. The van der Waals surface area contributed by atoms with Crippen molar-refractivity contribution in [3.63, 3.8) is 0 Å². The maximum atomic E-state index is 9.92. The highest BCUT2D eigenvalue weighted by molar-refractivity contribution is 7.10. The second-order valence-electron chi connectivity index (χ2n) is 4.92. The summed E-state index contributed by atoms with van der Waals surface area (Å²) in [4.78, 5) is 4.52. The van der Waals surface area contributed by atoms with Gasteiger partial charge in [-0.15, -0.1) is 11.3 Å². The maximum Gasteiger partial charge on any atom is 0.124 e. The Labute approximate surface area is 106 Å². The summed E-state index contributed by atoms with van der Waals surface area (Å²) in [5.41, 5.74) is 3.68. The van der Waals surface area contributed by atoms with Crippen LogP contribution < -0.4 is 0 Å². The van der Waals surface area contributed by atoms with Gasteiger partial charge in [-0.3, -0.25) is 0 Å². The molecule has 0 bridgehead atoms. The van der Waals surface area contributed by atoms with Gasteiger partial charge in [0.25, 0.3) is 0 Å². The van der Waals surface area contributed by atoms with Crippen LogP contribution in [0.5, 0.6) is 0 Å². The highest BCUT2D eigenvalue weighted by atomic mass is 32.1. The van der Waals surface area contributed by atoms with Gasteiger partial charge in [-0.25, -0.2) is 4.98 Å². The lowest BCUT2D eigenvalue weighted by Crippen LogP contribution is -2.14. The fourth-order valence-corrected chi connectivity index (χ4v) is 2.53. The molecule has 0 atom stereocenters. The number of aryl methyl sites for hydroxylation is 2. The smallest absolute Gasteiger partial charge is 0.124 e. The number of aromatic nitrogens is 1. The molecule has 90 valence electrons. The highest BCUT2D eigenvalue weighted by Gasteiger charge is 2.20. The molecule has 0 fully saturated rings. The minimum absolute atomic E-state index is 0.758. The predicted octanol–water partition coefficient (Wildman–Crippen LogP) is 3.65. The number of rotatable bonds is 2. The third-order valence-corrected chi connectivity index (χ3v) is 3.85. The van der Waals surface area contributed by atoms with E-state index >= 15 is 0 Å². The molecule has 0 unspecified atom stereocenters. The maximum absolute atomic E-state index is 9.92. The summed E-state index contributed by atoms with van der Waals surface area (Å²) in [6, 6.07) is 6.34. The molecular formula is C14H17NOS. The Kier molecular flexibility index (Phi) is 3.06. The third-order valence-electron chi connectivity index (χ3n) is 2.70. The lowest BCUT2D eigenvalue weighted by molar-refractivity contribution is 0.0783. The van der Waals surface area contributed by atoms with Crippen molar-refractivity contribution in [2.45, 2.75) is 33.3 Å². The van der Waals surface area contributed by atoms with Crippen LogP contribution in [0.3, 0.4) is 0 Å². The lowest BCUT2D eigenvalue weighted by Gasteiger charge is -2.12. The van der Waals surface area contributed by atoms with Gasteiger partial charge in [-0.05, 0) is 39.3 Å². The van der Waals surface area contributed by atoms with E-state index in [1.165, 1.54) is 22.5 Å². The fraction of sp³-hybridized carbons (Fsp3) is 0.357. The van der Waals surface area contributed by atoms with E-state index in [1.807, 2.05) is 5.38 Å². The topological polar surface area (TPSA) is 33.1 Å². The molecular weight excluding hydrogens is 230 g/mol. The molecule has 0 aliphatic rings. The van der Waals surface area contributed by atoms with Gasteiger partial charge < -0.3 is 5.11 Å². The van der Waals surface area contributed by atoms with E-state index in [9.17, 15) is 5.11 Å². The first-order chi connectivity index (χ1) is 7.88. The predicted molar refractivity (Wildman–Crippen MR) is 72.3 cm³/mol. The van der Waals surface area contributed by atoms with Crippen LogP contribution >= 0.6 is 11.3 Å². The molecule has 0 saturated heterocycles. The molecule has 1 N–H and O–H groups in total. The first-order valence-electron chi connectivity index (χ1n) is 5.64. The second-order valence-corrected chi connectivity index (χ2v) is 5.77. The van der Waals surface area contributed by atoms with Gasteiger partial charge in [0.05, 0.1) is 5.69 Å². The second kappa shape index (κ2) is 4.24. The summed E-state index contributed by atoms with van der Waals surface area (Å²) in [5.74, 6) is 0. The van der Waals surface area contributed by atoms with E-state index in [4.69, 9.17) is 0 Å². The molecule has 0 aliphatic carbocycles. The van der Waals surface area contributed by atoms with Crippen molar-refractivity contribution in [2.24, 2.45) is 0 Å². The Balaban J connectivity index is 2.47. The van der Waals surface area contributed by atoms with Gasteiger partial charge in [0.2, 0.25) is 0 Å². The molecule has 0 amide bonds. The largest absolute Gasteiger partial charge is 0.383 e. The number of hydrogen-bond acceptors (Lipinski definition) is 3. The van der Waals surface area contributed by atoms with E-state index in [-0.39, 0.29) is 0 Å². The van der Waals surface area contributed by atoms with E-state index in [0.29, 0.717) is 0 Å². The number of thiazole rings is 1. The van der Waals surface area contributed by atoms with Gasteiger partial charge in [0.15, 0.2) is 0 Å². The molecule has 1 heterocycles. The summed E-state index contributed by atoms with van der Waals surface area (Å²) < 4.78 is 0. The van der Waals surface area contributed by atoms with Crippen LogP contribution in [-0.2, 0) is 5.60 Å². The summed E-state index contributed by atoms with van der Waals surface area (Å²) in [7, 11) is 0. The summed E-state index contributed by atoms with van der Waals surface area (Å²) in [6.45, 7) is 7.68. The van der Waals surface area contributed by atoms with Crippen molar-refractivity contribution < 1.29 is 5.11 Å². The molecule has 1 aromatic heterocycles. The molecule has 3 heteroatoms. The Morgan fingerprint density at radius 1 is 1.24 bits per heavy atom. The third kappa shape index (κ3) is 2.56. The van der Waals surface area contributed by atoms with Crippen LogP contribution in [0.25, 0.3) is 11.3 Å². The van der Waals surface area contributed by atoms with Gasteiger partial charge in [-0.1, -0.05) is 17.7 Å². The Morgan fingerprint density at radius 2 is 1.94 bits per heavy atom. The number of nitrogens with zero attached hydrogens (tertiary/aromatic N) is 1. The molecule has 2 aromatic rings.